The van der Waals surface area contributed by atoms with E-state index in [0.717, 1.165) is 39.0 Å². The molecule has 1 aromatic heterocycles. The number of aromatic nitrogens is 1. The van der Waals surface area contributed by atoms with Gasteiger partial charge in [-0.15, -0.1) is 0 Å². The summed E-state index contributed by atoms with van der Waals surface area (Å²) in [6, 6.07) is 4.15. The van der Waals surface area contributed by atoms with Crippen molar-refractivity contribution in [3.05, 3.63) is 24.5 Å². The number of hydrogen-bond donors (Lipinski definition) is 0. The third kappa shape index (κ3) is 2.59. The SMILES string of the molecule is O=C(C1CCCC1)N1C[C@H]2CCN(c3cccnc3)C[C@H]2C1. The third-order valence-corrected chi connectivity index (χ3v) is 5.83. The Labute approximate surface area is 132 Å². The highest BCUT2D eigenvalue weighted by molar-refractivity contribution is 5.79. The Hall–Kier alpha value is -1.58. The van der Waals surface area contributed by atoms with Crippen molar-refractivity contribution in [2.75, 3.05) is 31.1 Å². The fraction of sp³-hybridized carbons (Fsp3) is 0.667. The Bertz CT molecular complexity index is 526. The molecule has 1 aromatic rings. The Kier molecular flexibility index (Phi) is 3.77. The van der Waals surface area contributed by atoms with Crippen LogP contribution in [0.4, 0.5) is 5.69 Å². The maximum absolute atomic E-state index is 12.6. The number of amides is 1. The Morgan fingerprint density at radius 1 is 1.09 bits per heavy atom. The molecule has 0 N–H and O–H groups in total. The number of pyridine rings is 1. The zero-order valence-corrected chi connectivity index (χ0v) is 13.2. The predicted octanol–water partition coefficient (Wildman–Crippen LogP) is 2.56. The standard InChI is InChI=1S/C18H25N3O/c22-18(14-4-1-2-5-14)21-11-15-7-9-20(12-16(15)13-21)17-6-3-8-19-10-17/h3,6,8,10,14-16H,1-2,4-5,7,9,11-13H2/t15-,16+/m1/s1. The quantitative estimate of drug-likeness (QED) is 0.842. The van der Waals surface area contributed by atoms with Crippen molar-refractivity contribution in [3.8, 4) is 0 Å². The largest absolute Gasteiger partial charge is 0.370 e. The summed E-state index contributed by atoms with van der Waals surface area (Å²) in [4.78, 5) is 21.5. The topological polar surface area (TPSA) is 36.4 Å². The number of nitrogens with zero attached hydrogens (tertiary/aromatic N) is 3. The molecule has 0 radical (unpaired) electrons. The third-order valence-electron chi connectivity index (χ3n) is 5.83. The number of rotatable bonds is 2. The van der Waals surface area contributed by atoms with Crippen LogP contribution in [0.25, 0.3) is 0 Å². The number of piperidine rings is 1. The molecule has 118 valence electrons. The van der Waals surface area contributed by atoms with E-state index in [2.05, 4.69) is 20.9 Å². The van der Waals surface area contributed by atoms with Gasteiger partial charge in [-0.05, 0) is 43.2 Å². The molecule has 22 heavy (non-hydrogen) atoms. The van der Waals surface area contributed by atoms with Gasteiger partial charge in [0.25, 0.3) is 0 Å². The van der Waals surface area contributed by atoms with E-state index < -0.39 is 0 Å². The Morgan fingerprint density at radius 2 is 1.91 bits per heavy atom. The van der Waals surface area contributed by atoms with Crippen LogP contribution < -0.4 is 4.90 Å². The molecule has 3 heterocycles. The number of fused-ring (bicyclic) bond motifs is 1. The molecule has 3 fully saturated rings. The Morgan fingerprint density at radius 3 is 2.68 bits per heavy atom. The first kappa shape index (κ1) is 14.0. The normalized spacial score (nSPS) is 28.9. The number of hydrogen-bond acceptors (Lipinski definition) is 3. The van der Waals surface area contributed by atoms with E-state index in [1.54, 1.807) is 0 Å². The van der Waals surface area contributed by atoms with Crippen molar-refractivity contribution in [1.82, 2.24) is 9.88 Å². The fourth-order valence-corrected chi connectivity index (χ4v) is 4.55. The summed E-state index contributed by atoms with van der Waals surface area (Å²) in [5.41, 5.74) is 1.22. The predicted molar refractivity (Wildman–Crippen MR) is 86.6 cm³/mol. The van der Waals surface area contributed by atoms with E-state index in [4.69, 9.17) is 0 Å². The highest BCUT2D eigenvalue weighted by Crippen LogP contribution is 2.35. The molecule has 1 amide bonds. The molecule has 2 saturated heterocycles. The fourth-order valence-electron chi connectivity index (χ4n) is 4.55. The molecule has 4 rings (SSSR count). The van der Waals surface area contributed by atoms with Gasteiger partial charge >= 0.3 is 0 Å². The van der Waals surface area contributed by atoms with Crippen LogP contribution in [0.3, 0.4) is 0 Å². The molecule has 0 aromatic carbocycles. The summed E-state index contributed by atoms with van der Waals surface area (Å²) < 4.78 is 0. The summed E-state index contributed by atoms with van der Waals surface area (Å²) >= 11 is 0. The second kappa shape index (κ2) is 5.90. The first-order valence-electron chi connectivity index (χ1n) is 8.75. The van der Waals surface area contributed by atoms with Gasteiger partial charge in [-0.2, -0.15) is 0 Å². The summed E-state index contributed by atoms with van der Waals surface area (Å²) in [6.07, 6.45) is 9.70. The summed E-state index contributed by atoms with van der Waals surface area (Å²) in [5.74, 6) is 2.12. The average molecular weight is 299 g/mol. The lowest BCUT2D eigenvalue weighted by molar-refractivity contribution is -0.134. The highest BCUT2D eigenvalue weighted by atomic mass is 16.2. The van der Waals surface area contributed by atoms with E-state index in [1.807, 2.05) is 18.5 Å². The van der Waals surface area contributed by atoms with Crippen LogP contribution in [-0.2, 0) is 4.79 Å². The first-order chi connectivity index (χ1) is 10.8. The molecule has 4 nitrogen and oxygen atoms in total. The van der Waals surface area contributed by atoms with Gasteiger partial charge in [-0.1, -0.05) is 12.8 Å². The molecule has 2 aliphatic heterocycles. The summed E-state index contributed by atoms with van der Waals surface area (Å²) in [5, 5.41) is 0. The van der Waals surface area contributed by atoms with Crippen LogP contribution >= 0.6 is 0 Å². The second-order valence-electron chi connectivity index (χ2n) is 7.19. The number of likely N-dealkylation sites (tertiary alicyclic amines) is 1. The molecular weight excluding hydrogens is 274 g/mol. The zero-order chi connectivity index (χ0) is 14.9. The van der Waals surface area contributed by atoms with E-state index in [1.165, 1.54) is 24.9 Å². The molecule has 1 saturated carbocycles. The number of carbonyl (C=O) groups excluding carboxylic acids is 1. The molecule has 0 bridgehead atoms. The maximum Gasteiger partial charge on any atom is 0.225 e. The van der Waals surface area contributed by atoms with Crippen LogP contribution in [0.15, 0.2) is 24.5 Å². The minimum Gasteiger partial charge on any atom is -0.370 e. The minimum atomic E-state index is 0.328. The van der Waals surface area contributed by atoms with Gasteiger partial charge in [0.15, 0.2) is 0 Å². The zero-order valence-electron chi connectivity index (χ0n) is 13.2. The van der Waals surface area contributed by atoms with Gasteiger partial charge in [-0.3, -0.25) is 9.78 Å². The van der Waals surface area contributed by atoms with E-state index in [9.17, 15) is 4.79 Å². The van der Waals surface area contributed by atoms with E-state index in [-0.39, 0.29) is 0 Å². The van der Waals surface area contributed by atoms with Gasteiger partial charge in [0, 0.05) is 38.3 Å². The Balaban J connectivity index is 1.40. The second-order valence-corrected chi connectivity index (χ2v) is 7.19. The van der Waals surface area contributed by atoms with Gasteiger partial charge in [0.1, 0.15) is 0 Å². The van der Waals surface area contributed by atoms with Crippen molar-refractivity contribution in [2.24, 2.45) is 17.8 Å². The lowest BCUT2D eigenvalue weighted by atomic mass is 9.88. The molecule has 0 unspecified atom stereocenters. The van der Waals surface area contributed by atoms with Crippen LogP contribution in [0, 0.1) is 17.8 Å². The first-order valence-corrected chi connectivity index (χ1v) is 8.75. The van der Waals surface area contributed by atoms with Gasteiger partial charge in [0.05, 0.1) is 11.9 Å². The van der Waals surface area contributed by atoms with Crippen LogP contribution in [-0.4, -0.2) is 42.0 Å². The molecule has 3 aliphatic rings. The summed E-state index contributed by atoms with van der Waals surface area (Å²) in [7, 11) is 0. The lowest BCUT2D eigenvalue weighted by Crippen LogP contribution is -2.40. The van der Waals surface area contributed by atoms with Crippen molar-refractivity contribution >= 4 is 11.6 Å². The van der Waals surface area contributed by atoms with E-state index >= 15 is 0 Å². The highest BCUT2D eigenvalue weighted by Gasteiger charge is 2.40. The van der Waals surface area contributed by atoms with Crippen LogP contribution in [0.2, 0.25) is 0 Å². The number of carbonyl (C=O) groups is 1. The molecule has 1 aliphatic carbocycles. The van der Waals surface area contributed by atoms with Crippen LogP contribution in [0.1, 0.15) is 32.1 Å². The minimum absolute atomic E-state index is 0.328. The van der Waals surface area contributed by atoms with E-state index in [0.29, 0.717) is 23.7 Å². The maximum atomic E-state index is 12.6. The van der Waals surface area contributed by atoms with Crippen molar-refractivity contribution < 1.29 is 4.79 Å². The van der Waals surface area contributed by atoms with Gasteiger partial charge < -0.3 is 9.80 Å². The van der Waals surface area contributed by atoms with Crippen molar-refractivity contribution in [2.45, 2.75) is 32.1 Å². The lowest BCUT2D eigenvalue weighted by Gasteiger charge is -2.35. The van der Waals surface area contributed by atoms with Gasteiger partial charge in [0.2, 0.25) is 5.91 Å². The molecule has 0 spiro atoms. The number of anilines is 1. The van der Waals surface area contributed by atoms with Crippen molar-refractivity contribution in [1.29, 1.82) is 0 Å². The average Bonchev–Trinajstić information content (AvgIpc) is 3.23. The molecule has 2 atom stereocenters. The smallest absolute Gasteiger partial charge is 0.225 e. The molecular formula is C18H25N3O. The van der Waals surface area contributed by atoms with Crippen LogP contribution in [0.5, 0.6) is 0 Å². The summed E-state index contributed by atoms with van der Waals surface area (Å²) in [6.45, 7) is 4.14. The van der Waals surface area contributed by atoms with Crippen molar-refractivity contribution in [3.63, 3.8) is 0 Å². The monoisotopic (exact) mass is 299 g/mol. The molecule has 4 heteroatoms. The van der Waals surface area contributed by atoms with Gasteiger partial charge in [-0.25, -0.2) is 0 Å².